The molecule has 2 aromatic carbocycles. The minimum Gasteiger partial charge on any atom is -0.350 e. The highest BCUT2D eigenvalue weighted by Crippen LogP contribution is 2.41. The van der Waals surface area contributed by atoms with Gasteiger partial charge in [-0.25, -0.2) is 0 Å². The molecule has 0 saturated carbocycles. The maximum absolute atomic E-state index is 13.3. The molecule has 2 amide bonds. The van der Waals surface area contributed by atoms with Gasteiger partial charge in [0.25, 0.3) is 5.91 Å². The lowest BCUT2D eigenvalue weighted by Crippen LogP contribution is -2.39. The second-order valence-electron chi connectivity index (χ2n) is 7.73. The first-order valence-corrected chi connectivity index (χ1v) is 10.2. The van der Waals surface area contributed by atoms with Gasteiger partial charge in [0.05, 0.1) is 18.3 Å². The number of fused-ring (bicyclic) bond motifs is 2. The molecule has 2 aromatic heterocycles. The van der Waals surface area contributed by atoms with Crippen LogP contribution in [0.15, 0.2) is 79.1 Å². The number of nitrogens with one attached hydrogen (secondary N) is 1. The SMILES string of the molecule is Cn1cc([C@@H]2c3ccccc3C(=O)N2CC(=O)NCc2ccccn2)c2ccccc21. The first-order valence-electron chi connectivity index (χ1n) is 10.2. The van der Waals surface area contributed by atoms with Crippen LogP contribution in [0.2, 0.25) is 0 Å². The number of nitrogens with zero attached hydrogens (tertiary/aromatic N) is 3. The number of carbonyl (C=O) groups excluding carboxylic acids is 2. The number of benzene rings is 2. The molecule has 0 saturated heterocycles. The molecular formula is C25H22N4O2. The molecule has 154 valence electrons. The predicted molar refractivity (Wildman–Crippen MR) is 118 cm³/mol. The highest BCUT2D eigenvalue weighted by molar-refractivity contribution is 6.02. The summed E-state index contributed by atoms with van der Waals surface area (Å²) in [5.74, 6) is -0.335. The normalized spacial score (nSPS) is 15.3. The third-order valence-corrected chi connectivity index (χ3v) is 5.79. The largest absolute Gasteiger partial charge is 0.350 e. The van der Waals surface area contributed by atoms with E-state index in [4.69, 9.17) is 0 Å². The zero-order valence-electron chi connectivity index (χ0n) is 17.2. The number of aromatic nitrogens is 2. The van der Waals surface area contributed by atoms with E-state index in [1.165, 1.54) is 0 Å². The van der Waals surface area contributed by atoms with E-state index in [0.29, 0.717) is 12.1 Å². The van der Waals surface area contributed by atoms with Crippen molar-refractivity contribution in [1.82, 2.24) is 19.8 Å². The minimum atomic E-state index is -0.310. The van der Waals surface area contributed by atoms with Gasteiger partial charge in [0.2, 0.25) is 5.91 Å². The van der Waals surface area contributed by atoms with E-state index in [0.717, 1.165) is 27.7 Å². The van der Waals surface area contributed by atoms with E-state index < -0.39 is 0 Å². The zero-order chi connectivity index (χ0) is 21.4. The fourth-order valence-corrected chi connectivity index (χ4v) is 4.36. The Morgan fingerprint density at radius 1 is 1.00 bits per heavy atom. The molecule has 0 radical (unpaired) electrons. The molecule has 0 fully saturated rings. The van der Waals surface area contributed by atoms with E-state index >= 15 is 0 Å². The van der Waals surface area contributed by atoms with Crippen LogP contribution in [0.5, 0.6) is 0 Å². The van der Waals surface area contributed by atoms with Crippen LogP contribution in [-0.4, -0.2) is 32.8 Å². The van der Waals surface area contributed by atoms with Gasteiger partial charge in [-0.05, 0) is 29.8 Å². The van der Waals surface area contributed by atoms with Crippen LogP contribution in [0.1, 0.15) is 33.2 Å². The van der Waals surface area contributed by atoms with Gasteiger partial charge in [-0.3, -0.25) is 14.6 Å². The van der Waals surface area contributed by atoms with Gasteiger partial charge in [0.1, 0.15) is 6.54 Å². The maximum atomic E-state index is 13.3. The van der Waals surface area contributed by atoms with Crippen LogP contribution in [-0.2, 0) is 18.4 Å². The Bertz CT molecular complexity index is 1280. The van der Waals surface area contributed by atoms with Crippen molar-refractivity contribution in [2.75, 3.05) is 6.54 Å². The highest BCUT2D eigenvalue weighted by atomic mass is 16.2. The van der Waals surface area contributed by atoms with E-state index in [2.05, 4.69) is 33.2 Å². The molecule has 6 nitrogen and oxygen atoms in total. The molecule has 0 aliphatic carbocycles. The van der Waals surface area contributed by atoms with Crippen LogP contribution in [0, 0.1) is 0 Å². The van der Waals surface area contributed by atoms with Crippen molar-refractivity contribution in [3.8, 4) is 0 Å². The van der Waals surface area contributed by atoms with Crippen molar-refractivity contribution in [2.45, 2.75) is 12.6 Å². The highest BCUT2D eigenvalue weighted by Gasteiger charge is 2.39. The lowest BCUT2D eigenvalue weighted by atomic mass is 9.97. The molecule has 4 aromatic rings. The van der Waals surface area contributed by atoms with Crippen LogP contribution in [0.3, 0.4) is 0 Å². The van der Waals surface area contributed by atoms with Gasteiger partial charge in [0.15, 0.2) is 0 Å². The number of carbonyl (C=O) groups is 2. The molecule has 1 aliphatic rings. The fourth-order valence-electron chi connectivity index (χ4n) is 4.36. The molecule has 0 spiro atoms. The lowest BCUT2D eigenvalue weighted by molar-refractivity contribution is -0.122. The van der Waals surface area contributed by atoms with Gasteiger partial charge in [0, 0.05) is 41.5 Å². The summed E-state index contributed by atoms with van der Waals surface area (Å²) >= 11 is 0. The summed E-state index contributed by atoms with van der Waals surface area (Å²) in [6.45, 7) is 0.307. The minimum absolute atomic E-state index is 0.0196. The topological polar surface area (TPSA) is 67.2 Å². The number of hydrogen-bond acceptors (Lipinski definition) is 3. The average molecular weight is 410 g/mol. The van der Waals surface area contributed by atoms with Crippen LogP contribution >= 0.6 is 0 Å². The lowest BCUT2D eigenvalue weighted by Gasteiger charge is -2.25. The third kappa shape index (κ3) is 3.36. The Kier molecular flexibility index (Phi) is 4.75. The molecule has 6 heteroatoms. The summed E-state index contributed by atoms with van der Waals surface area (Å²) in [4.78, 5) is 31.9. The quantitative estimate of drug-likeness (QED) is 0.548. The number of pyridine rings is 1. The second kappa shape index (κ2) is 7.72. The molecule has 1 N–H and O–H groups in total. The monoisotopic (exact) mass is 410 g/mol. The number of rotatable bonds is 5. The van der Waals surface area contributed by atoms with Crippen LogP contribution in [0.4, 0.5) is 0 Å². The molecule has 5 rings (SSSR count). The van der Waals surface area contributed by atoms with E-state index in [1.807, 2.05) is 61.6 Å². The number of para-hydroxylation sites is 1. The summed E-state index contributed by atoms with van der Waals surface area (Å²) in [6.07, 6.45) is 3.75. The maximum Gasteiger partial charge on any atom is 0.255 e. The Labute approximate surface area is 180 Å². The van der Waals surface area contributed by atoms with Crippen molar-refractivity contribution in [3.05, 3.63) is 102 Å². The van der Waals surface area contributed by atoms with Gasteiger partial charge >= 0.3 is 0 Å². The average Bonchev–Trinajstić information content (AvgIpc) is 3.27. The molecule has 31 heavy (non-hydrogen) atoms. The van der Waals surface area contributed by atoms with Crippen molar-refractivity contribution >= 4 is 22.7 Å². The number of aryl methyl sites for hydroxylation is 1. The molecule has 1 atom stereocenters. The number of hydrogen-bond donors (Lipinski definition) is 1. The Morgan fingerprint density at radius 3 is 2.61 bits per heavy atom. The van der Waals surface area contributed by atoms with Crippen molar-refractivity contribution in [3.63, 3.8) is 0 Å². The van der Waals surface area contributed by atoms with Crippen molar-refractivity contribution < 1.29 is 9.59 Å². The Hall–Kier alpha value is -3.93. The standard InChI is InChI=1S/C25H22N4O2/c1-28-15-21(18-9-4-5-12-22(18)28)24-19-10-2-3-11-20(19)25(31)29(24)16-23(30)27-14-17-8-6-7-13-26-17/h2-13,15,24H,14,16H2,1H3,(H,27,30)/t24-/m0/s1. The molecular weight excluding hydrogens is 388 g/mol. The first kappa shape index (κ1) is 19.1. The second-order valence-corrected chi connectivity index (χ2v) is 7.73. The Morgan fingerprint density at radius 2 is 1.77 bits per heavy atom. The van der Waals surface area contributed by atoms with Gasteiger partial charge in [-0.1, -0.05) is 42.5 Å². The van der Waals surface area contributed by atoms with Crippen LogP contribution in [0.25, 0.3) is 10.9 Å². The van der Waals surface area contributed by atoms with Gasteiger partial charge < -0.3 is 14.8 Å². The fraction of sp³-hybridized carbons (Fsp3) is 0.160. The molecule has 3 heterocycles. The van der Waals surface area contributed by atoms with Crippen LogP contribution < -0.4 is 5.32 Å². The summed E-state index contributed by atoms with van der Waals surface area (Å²) in [7, 11) is 2.00. The van der Waals surface area contributed by atoms with E-state index in [1.54, 1.807) is 11.1 Å². The number of amides is 2. The van der Waals surface area contributed by atoms with Crippen molar-refractivity contribution in [1.29, 1.82) is 0 Å². The molecule has 1 aliphatic heterocycles. The summed E-state index contributed by atoms with van der Waals surface area (Å²) in [6, 6.07) is 21.0. The summed E-state index contributed by atoms with van der Waals surface area (Å²) in [5.41, 5.74) is 4.47. The summed E-state index contributed by atoms with van der Waals surface area (Å²) < 4.78 is 2.06. The van der Waals surface area contributed by atoms with Gasteiger partial charge in [-0.2, -0.15) is 0 Å². The molecule has 0 unspecified atom stereocenters. The van der Waals surface area contributed by atoms with Gasteiger partial charge in [-0.15, -0.1) is 0 Å². The third-order valence-electron chi connectivity index (χ3n) is 5.79. The molecule has 0 bridgehead atoms. The predicted octanol–water partition coefficient (Wildman–Crippen LogP) is 3.43. The smallest absolute Gasteiger partial charge is 0.255 e. The first-order chi connectivity index (χ1) is 15.1. The van der Waals surface area contributed by atoms with Crippen molar-refractivity contribution in [2.24, 2.45) is 7.05 Å². The zero-order valence-corrected chi connectivity index (χ0v) is 17.2. The van der Waals surface area contributed by atoms with E-state index in [9.17, 15) is 9.59 Å². The summed E-state index contributed by atoms with van der Waals surface area (Å²) in [5, 5.41) is 3.97. The van der Waals surface area contributed by atoms with E-state index in [-0.39, 0.29) is 24.4 Å². The Balaban J connectivity index is 1.48.